The van der Waals surface area contributed by atoms with E-state index in [2.05, 4.69) is 117 Å². The molecule has 0 amide bonds. The lowest BCUT2D eigenvalue weighted by Crippen LogP contribution is -2.43. The quantitative estimate of drug-likeness (QED) is 0.267. The summed E-state index contributed by atoms with van der Waals surface area (Å²) < 4.78 is 3.53. The number of thioether (sulfide) groups is 1. The maximum atomic E-state index is 2.42. The monoisotopic (exact) mass is 459 g/mol. The fraction of sp³-hybridized carbons (Fsp3) is 0.345. The molecule has 0 aliphatic carbocycles. The molecule has 3 nitrogen and oxygen atoms in total. The van der Waals surface area contributed by atoms with Crippen LogP contribution < -0.4 is 9.47 Å². The number of nitrogens with zero attached hydrogens (tertiary/aromatic N) is 3. The number of pyridine rings is 1. The number of quaternary nitrogens is 1. The summed E-state index contributed by atoms with van der Waals surface area (Å²) in [6, 6.07) is 19.6. The van der Waals surface area contributed by atoms with Crippen LogP contribution in [0.4, 0.5) is 5.69 Å². The Morgan fingerprint density at radius 2 is 1.73 bits per heavy atom. The van der Waals surface area contributed by atoms with E-state index in [0.717, 1.165) is 11.0 Å². The normalized spacial score (nSPS) is 15.2. The fourth-order valence-corrected chi connectivity index (χ4v) is 5.58. The molecule has 0 radical (unpaired) electrons. The second kappa shape index (κ2) is 10.6. The molecule has 1 aliphatic rings. The number of benzene rings is 2. The largest absolute Gasteiger partial charge is 0.338 e. The van der Waals surface area contributed by atoms with E-state index in [1.165, 1.54) is 64.4 Å². The summed E-state index contributed by atoms with van der Waals surface area (Å²) >= 11 is 1.83. The molecule has 0 N–H and O–H groups in total. The summed E-state index contributed by atoms with van der Waals surface area (Å²) in [6.45, 7) is 5.81. The van der Waals surface area contributed by atoms with Gasteiger partial charge >= 0.3 is 0 Å². The smallest absolute Gasteiger partial charge is 0.213 e. The molecule has 3 aromatic rings. The first-order chi connectivity index (χ1) is 16.0. The fourth-order valence-electron chi connectivity index (χ4n) is 4.52. The van der Waals surface area contributed by atoms with Crippen molar-refractivity contribution in [2.24, 2.45) is 0 Å². The molecule has 0 saturated carbocycles. The van der Waals surface area contributed by atoms with Gasteiger partial charge in [-0.2, -0.15) is 4.57 Å². The molecule has 33 heavy (non-hydrogen) atoms. The number of hydrogen-bond donors (Lipinski definition) is 0. The van der Waals surface area contributed by atoms with Gasteiger partial charge in [-0.3, -0.25) is 0 Å². The zero-order chi connectivity index (χ0) is 23.3. The Bertz CT molecular complexity index is 1160. The lowest BCUT2D eigenvalue weighted by atomic mass is 10.1. The molecule has 0 bridgehead atoms. The van der Waals surface area contributed by atoms with Crippen molar-refractivity contribution in [3.63, 3.8) is 0 Å². The number of hydrogen-bond acceptors (Lipinski definition) is 2. The van der Waals surface area contributed by atoms with Gasteiger partial charge in [-0.15, -0.1) is 0 Å². The average molecular weight is 460 g/mol. The second-order valence-corrected chi connectivity index (χ2v) is 10.6. The Labute approximate surface area is 203 Å². The van der Waals surface area contributed by atoms with Crippen LogP contribution in [0.2, 0.25) is 0 Å². The minimum atomic E-state index is 1.06. The van der Waals surface area contributed by atoms with Crippen molar-refractivity contribution >= 4 is 34.4 Å². The Balaban J connectivity index is 1.48. The van der Waals surface area contributed by atoms with Gasteiger partial charge in [0.05, 0.1) is 49.7 Å². The van der Waals surface area contributed by atoms with Crippen LogP contribution in [0, 0.1) is 0 Å². The van der Waals surface area contributed by atoms with Crippen LogP contribution >= 0.6 is 11.8 Å². The van der Waals surface area contributed by atoms with E-state index in [0.29, 0.717) is 0 Å². The summed E-state index contributed by atoms with van der Waals surface area (Å²) in [7, 11) is 6.86. The number of rotatable bonds is 9. The zero-order valence-corrected chi connectivity index (χ0v) is 21.3. The molecule has 0 unspecified atom stereocenters. The van der Waals surface area contributed by atoms with Gasteiger partial charge in [0.1, 0.15) is 0 Å². The molecule has 4 heteroatoms. The molecule has 1 aliphatic heterocycles. The number of allylic oxidation sites excluding steroid dienone is 2. The highest BCUT2D eigenvalue weighted by Gasteiger charge is 2.20. The number of fused-ring (bicyclic) bond motifs is 2. The number of aryl methyl sites for hydroxylation is 1. The van der Waals surface area contributed by atoms with Gasteiger partial charge in [-0.1, -0.05) is 61.5 Å². The maximum Gasteiger partial charge on any atom is 0.213 e. The van der Waals surface area contributed by atoms with Gasteiger partial charge in [-0.25, -0.2) is 0 Å². The molecule has 172 valence electrons. The Hall–Kier alpha value is -2.56. The van der Waals surface area contributed by atoms with E-state index in [1.807, 2.05) is 11.8 Å². The number of anilines is 1. The number of aromatic nitrogens is 1. The minimum absolute atomic E-state index is 1.06. The highest BCUT2D eigenvalue weighted by Crippen LogP contribution is 2.44. The molecule has 0 spiro atoms. The highest BCUT2D eigenvalue weighted by atomic mass is 32.2. The average Bonchev–Trinajstić information content (AvgIpc) is 3.14. The van der Waals surface area contributed by atoms with Crippen LogP contribution in [0.5, 0.6) is 0 Å². The molecule has 0 saturated heterocycles. The third kappa shape index (κ3) is 5.69. The predicted octanol–water partition coefficient (Wildman–Crippen LogP) is 6.49. The molecule has 2 aromatic carbocycles. The Morgan fingerprint density at radius 3 is 2.55 bits per heavy atom. The van der Waals surface area contributed by atoms with Crippen molar-refractivity contribution in [3.05, 3.63) is 83.5 Å². The SMILES string of the molecule is CCCC[N+](C)(C)CCC[n+]1ccc(C=CC=C2Sc3ccccc3N2C)c2ccccc21. The van der Waals surface area contributed by atoms with E-state index in [4.69, 9.17) is 0 Å². The molecule has 0 atom stereocenters. The summed E-state index contributed by atoms with van der Waals surface area (Å²) in [6.07, 6.45) is 12.7. The van der Waals surface area contributed by atoms with E-state index in [1.54, 1.807) is 0 Å². The topological polar surface area (TPSA) is 7.12 Å². The first-order valence-electron chi connectivity index (χ1n) is 12.1. The zero-order valence-electron chi connectivity index (χ0n) is 20.5. The molecule has 4 rings (SSSR count). The van der Waals surface area contributed by atoms with Crippen LogP contribution in [0.1, 0.15) is 31.7 Å². The lowest BCUT2D eigenvalue weighted by Gasteiger charge is -2.29. The molecule has 2 heterocycles. The van der Waals surface area contributed by atoms with Crippen molar-refractivity contribution in [2.75, 3.05) is 39.1 Å². The molecule has 1 aromatic heterocycles. The maximum absolute atomic E-state index is 2.42. The summed E-state index contributed by atoms with van der Waals surface area (Å²) in [4.78, 5) is 3.59. The van der Waals surface area contributed by atoms with Gasteiger partial charge in [0.15, 0.2) is 12.7 Å². The highest BCUT2D eigenvalue weighted by molar-refractivity contribution is 8.03. The van der Waals surface area contributed by atoms with Gasteiger partial charge in [0.2, 0.25) is 5.52 Å². The summed E-state index contributed by atoms with van der Waals surface area (Å²) in [5.41, 5.74) is 3.86. The second-order valence-electron chi connectivity index (χ2n) is 9.56. The van der Waals surface area contributed by atoms with Crippen molar-refractivity contribution in [3.8, 4) is 0 Å². The van der Waals surface area contributed by atoms with E-state index < -0.39 is 0 Å². The number of para-hydroxylation sites is 2. The predicted molar refractivity (Wildman–Crippen MR) is 143 cm³/mol. The van der Waals surface area contributed by atoms with Crippen molar-refractivity contribution in [2.45, 2.75) is 37.6 Å². The van der Waals surface area contributed by atoms with Gasteiger partial charge in [-0.05, 0) is 36.3 Å². The first-order valence-corrected chi connectivity index (χ1v) is 12.9. The Kier molecular flexibility index (Phi) is 7.56. The van der Waals surface area contributed by atoms with Crippen molar-refractivity contribution in [1.82, 2.24) is 0 Å². The van der Waals surface area contributed by atoms with Gasteiger partial charge < -0.3 is 9.38 Å². The van der Waals surface area contributed by atoms with Crippen LogP contribution in [-0.2, 0) is 6.54 Å². The van der Waals surface area contributed by atoms with Crippen molar-refractivity contribution in [1.29, 1.82) is 0 Å². The first kappa shape index (κ1) is 23.6. The molecular weight excluding hydrogens is 422 g/mol. The van der Waals surface area contributed by atoms with E-state index >= 15 is 0 Å². The van der Waals surface area contributed by atoms with Crippen LogP contribution in [0.25, 0.3) is 17.0 Å². The lowest BCUT2D eigenvalue weighted by molar-refractivity contribution is -0.892. The standard InChI is InChI=1S/C29H37N3S/c1-5-6-22-32(3,4)23-12-20-31-21-19-24(25-14-7-8-15-26(25)31)13-11-18-29-30(2)27-16-9-10-17-28(27)33-29/h7-11,13-19,21H,5-6,12,20,22-23H2,1-4H3/q+2. The summed E-state index contributed by atoms with van der Waals surface area (Å²) in [5.74, 6) is 0. The number of unbranched alkanes of at least 4 members (excludes halogenated alkanes) is 1. The molecule has 0 fully saturated rings. The molecular formula is C29H37N3S+2. The third-order valence-electron chi connectivity index (χ3n) is 6.52. The minimum Gasteiger partial charge on any atom is -0.338 e. The third-order valence-corrected chi connectivity index (χ3v) is 7.71. The summed E-state index contributed by atoms with van der Waals surface area (Å²) in [5, 5.41) is 2.57. The van der Waals surface area contributed by atoms with Gasteiger partial charge in [0.25, 0.3) is 0 Å². The van der Waals surface area contributed by atoms with E-state index in [9.17, 15) is 0 Å². The van der Waals surface area contributed by atoms with Gasteiger partial charge in [0, 0.05) is 24.1 Å². The van der Waals surface area contributed by atoms with Crippen LogP contribution in [0.15, 0.2) is 82.9 Å². The van der Waals surface area contributed by atoms with Crippen molar-refractivity contribution < 1.29 is 9.05 Å². The van der Waals surface area contributed by atoms with E-state index in [-0.39, 0.29) is 0 Å². The Morgan fingerprint density at radius 1 is 0.970 bits per heavy atom. The van der Waals surface area contributed by atoms with Crippen LogP contribution in [0.3, 0.4) is 0 Å². The van der Waals surface area contributed by atoms with Crippen LogP contribution in [-0.4, -0.2) is 38.7 Å².